The molecule has 5 rings (SSSR count). The lowest BCUT2D eigenvalue weighted by molar-refractivity contribution is 0.369. The van der Waals surface area contributed by atoms with Gasteiger partial charge in [-0.15, -0.1) is 5.10 Å². The second kappa shape index (κ2) is 7.88. The maximum Gasteiger partial charge on any atom is 0.284 e. The highest BCUT2D eigenvalue weighted by Crippen LogP contribution is 2.20. The van der Waals surface area contributed by atoms with E-state index in [-0.39, 0.29) is 17.6 Å². The molecule has 0 radical (unpaired) electrons. The fourth-order valence-corrected chi connectivity index (χ4v) is 3.61. The van der Waals surface area contributed by atoms with E-state index in [1.54, 1.807) is 4.68 Å². The zero-order valence-corrected chi connectivity index (χ0v) is 18.0. The summed E-state index contributed by atoms with van der Waals surface area (Å²) in [5.41, 5.74) is 3.05. The molecule has 3 heterocycles. The lowest BCUT2D eigenvalue weighted by Gasteiger charge is -2.04. The molecule has 0 amide bonds. The molecule has 0 bridgehead atoms. The van der Waals surface area contributed by atoms with Gasteiger partial charge in [0.1, 0.15) is 12.9 Å². The number of benzene rings is 2. The number of hydrogen-bond acceptors (Lipinski definition) is 7. The first-order valence-corrected chi connectivity index (χ1v) is 10.4. The first-order valence-electron chi connectivity index (χ1n) is 9.61. The van der Waals surface area contributed by atoms with Crippen molar-refractivity contribution in [2.45, 2.75) is 19.9 Å². The van der Waals surface area contributed by atoms with Gasteiger partial charge in [-0.25, -0.2) is 4.98 Å². The van der Waals surface area contributed by atoms with Crippen LogP contribution in [0.3, 0.4) is 0 Å². The van der Waals surface area contributed by atoms with Gasteiger partial charge < -0.3 is 4.52 Å². The lowest BCUT2D eigenvalue weighted by Crippen LogP contribution is -2.21. The summed E-state index contributed by atoms with van der Waals surface area (Å²) >= 11 is 3.42. The molecule has 0 fully saturated rings. The van der Waals surface area contributed by atoms with Crippen LogP contribution < -0.4 is 5.56 Å². The quantitative estimate of drug-likeness (QED) is 0.381. The Balaban J connectivity index is 1.45. The SMILES string of the molecule is CCc1ccc(-n2nnc3c(=O)n(Cc4nc(-c5cccc(Br)c5)no4)cnc32)cc1. The standard InChI is InChI=1S/C21H16BrN7O2/c1-2-13-6-8-16(9-7-13)29-20-18(25-27-29)21(30)28(12-23-20)11-17-24-19(26-31-17)14-4-3-5-15(22)10-14/h3-10,12H,2,11H2,1H3. The highest BCUT2D eigenvalue weighted by Gasteiger charge is 2.16. The second-order valence-electron chi connectivity index (χ2n) is 6.89. The van der Waals surface area contributed by atoms with Gasteiger partial charge in [0.2, 0.25) is 11.7 Å². The van der Waals surface area contributed by atoms with E-state index in [4.69, 9.17) is 4.52 Å². The van der Waals surface area contributed by atoms with Crippen molar-refractivity contribution in [3.8, 4) is 17.1 Å². The molecule has 0 atom stereocenters. The van der Waals surface area contributed by atoms with Crippen molar-refractivity contribution in [1.29, 1.82) is 0 Å². The van der Waals surface area contributed by atoms with Crippen molar-refractivity contribution < 1.29 is 4.52 Å². The largest absolute Gasteiger partial charge is 0.337 e. The third kappa shape index (κ3) is 3.66. The van der Waals surface area contributed by atoms with E-state index < -0.39 is 0 Å². The minimum atomic E-state index is -0.330. The van der Waals surface area contributed by atoms with Gasteiger partial charge in [-0.1, -0.05) is 57.5 Å². The predicted molar refractivity (Wildman–Crippen MR) is 117 cm³/mol. The van der Waals surface area contributed by atoms with E-state index in [2.05, 4.69) is 48.3 Å². The van der Waals surface area contributed by atoms with Gasteiger partial charge in [0.15, 0.2) is 11.2 Å². The summed E-state index contributed by atoms with van der Waals surface area (Å²) < 4.78 is 9.16. The monoisotopic (exact) mass is 477 g/mol. The van der Waals surface area contributed by atoms with E-state index in [9.17, 15) is 4.79 Å². The van der Waals surface area contributed by atoms with Crippen LogP contribution in [0.1, 0.15) is 18.4 Å². The Labute approximate surface area is 184 Å². The van der Waals surface area contributed by atoms with E-state index >= 15 is 0 Å². The molecule has 0 aliphatic heterocycles. The minimum Gasteiger partial charge on any atom is -0.337 e. The molecule has 2 aromatic carbocycles. The number of halogens is 1. The maximum absolute atomic E-state index is 12.9. The average Bonchev–Trinajstić information content (AvgIpc) is 3.43. The third-order valence-corrected chi connectivity index (χ3v) is 5.37. The predicted octanol–water partition coefficient (Wildman–Crippen LogP) is 3.40. The van der Waals surface area contributed by atoms with Gasteiger partial charge in [-0.2, -0.15) is 9.67 Å². The van der Waals surface area contributed by atoms with E-state index in [0.717, 1.165) is 22.1 Å². The summed E-state index contributed by atoms with van der Waals surface area (Å²) in [7, 11) is 0. The number of aryl methyl sites for hydroxylation is 1. The molecule has 0 spiro atoms. The minimum absolute atomic E-state index is 0.0842. The number of aromatic nitrogens is 7. The van der Waals surface area contributed by atoms with Crippen molar-refractivity contribution in [3.05, 3.63) is 81.1 Å². The molecule has 0 N–H and O–H groups in total. The van der Waals surface area contributed by atoms with Crippen LogP contribution in [0.15, 0.2) is 68.6 Å². The molecule has 0 aliphatic rings. The molecule has 10 heteroatoms. The second-order valence-corrected chi connectivity index (χ2v) is 7.81. The van der Waals surface area contributed by atoms with Crippen LogP contribution in [0, 0.1) is 0 Å². The van der Waals surface area contributed by atoms with Crippen molar-refractivity contribution >= 4 is 27.1 Å². The Morgan fingerprint density at radius 2 is 1.97 bits per heavy atom. The van der Waals surface area contributed by atoms with E-state index in [1.165, 1.54) is 16.5 Å². The summed E-state index contributed by atoms with van der Waals surface area (Å²) in [5, 5.41) is 12.2. The number of rotatable bonds is 5. The van der Waals surface area contributed by atoms with Crippen molar-refractivity contribution in [1.82, 2.24) is 34.7 Å². The smallest absolute Gasteiger partial charge is 0.284 e. The molecule has 9 nitrogen and oxygen atoms in total. The molecular formula is C21H16BrN7O2. The Kier molecular flexibility index (Phi) is 4.91. The Morgan fingerprint density at radius 1 is 1.13 bits per heavy atom. The third-order valence-electron chi connectivity index (χ3n) is 4.88. The van der Waals surface area contributed by atoms with Crippen molar-refractivity contribution in [2.24, 2.45) is 0 Å². The van der Waals surface area contributed by atoms with Crippen LogP contribution in [0.2, 0.25) is 0 Å². The summed E-state index contributed by atoms with van der Waals surface area (Å²) in [6.45, 7) is 2.18. The van der Waals surface area contributed by atoms with Crippen molar-refractivity contribution in [3.63, 3.8) is 0 Å². The number of nitrogens with zero attached hydrogens (tertiary/aromatic N) is 7. The highest BCUT2D eigenvalue weighted by atomic mass is 79.9. The van der Waals surface area contributed by atoms with Crippen molar-refractivity contribution in [2.75, 3.05) is 0 Å². The van der Waals surface area contributed by atoms with Crippen LogP contribution in [-0.2, 0) is 13.0 Å². The molecule has 3 aromatic heterocycles. The Hall–Kier alpha value is -3.66. The van der Waals surface area contributed by atoms with Gasteiger partial charge in [-0.05, 0) is 36.2 Å². The number of hydrogen-bond donors (Lipinski definition) is 0. The molecule has 31 heavy (non-hydrogen) atoms. The van der Waals surface area contributed by atoms with Crippen LogP contribution in [0.4, 0.5) is 0 Å². The van der Waals surface area contributed by atoms with E-state index in [1.807, 2.05) is 48.5 Å². The molecule has 0 saturated heterocycles. The van der Waals surface area contributed by atoms with Crippen LogP contribution in [-0.4, -0.2) is 34.7 Å². The summed E-state index contributed by atoms with van der Waals surface area (Å²) in [4.78, 5) is 21.7. The normalized spacial score (nSPS) is 11.3. The van der Waals surface area contributed by atoms with Crippen LogP contribution in [0.5, 0.6) is 0 Å². The maximum atomic E-state index is 12.9. The van der Waals surface area contributed by atoms with Gasteiger partial charge in [0, 0.05) is 10.0 Å². The molecule has 5 aromatic rings. The average molecular weight is 478 g/mol. The highest BCUT2D eigenvalue weighted by molar-refractivity contribution is 9.10. The van der Waals surface area contributed by atoms with Gasteiger partial charge in [0.05, 0.1) is 5.69 Å². The first kappa shape index (κ1) is 19.3. The first-order chi connectivity index (χ1) is 15.1. The molecule has 0 aliphatic carbocycles. The van der Waals surface area contributed by atoms with Crippen LogP contribution in [0.25, 0.3) is 28.2 Å². The summed E-state index contributed by atoms with van der Waals surface area (Å²) in [6.07, 6.45) is 2.38. The Bertz CT molecular complexity index is 1440. The zero-order valence-electron chi connectivity index (χ0n) is 16.4. The zero-order chi connectivity index (χ0) is 21.4. The van der Waals surface area contributed by atoms with Crippen LogP contribution >= 0.6 is 15.9 Å². The lowest BCUT2D eigenvalue weighted by atomic mass is 10.1. The van der Waals surface area contributed by atoms with E-state index in [0.29, 0.717) is 17.4 Å². The molecular weight excluding hydrogens is 462 g/mol. The Morgan fingerprint density at radius 3 is 2.74 bits per heavy atom. The van der Waals surface area contributed by atoms with Gasteiger partial charge in [0.25, 0.3) is 5.56 Å². The van der Waals surface area contributed by atoms with Gasteiger partial charge >= 0.3 is 0 Å². The summed E-state index contributed by atoms with van der Waals surface area (Å²) in [5.74, 6) is 0.737. The number of fused-ring (bicyclic) bond motifs is 1. The molecule has 0 unspecified atom stereocenters. The molecule has 154 valence electrons. The topological polar surface area (TPSA) is 105 Å². The fourth-order valence-electron chi connectivity index (χ4n) is 3.21. The fraction of sp³-hybridized carbons (Fsp3) is 0.143. The van der Waals surface area contributed by atoms with Gasteiger partial charge in [-0.3, -0.25) is 9.36 Å². The summed E-state index contributed by atoms with van der Waals surface area (Å²) in [6, 6.07) is 15.5. The molecule has 0 saturated carbocycles.